The van der Waals surface area contributed by atoms with Crippen molar-refractivity contribution in [2.24, 2.45) is 5.92 Å². The van der Waals surface area contributed by atoms with E-state index in [-0.39, 0.29) is 5.82 Å². The van der Waals surface area contributed by atoms with Gasteiger partial charge in [0.25, 0.3) is 0 Å². The molecule has 13 nitrogen and oxygen atoms in total. The first-order chi connectivity index (χ1) is 15.7. The number of nitrogens with one attached hydrogen (secondary N) is 1. The van der Waals surface area contributed by atoms with Gasteiger partial charge in [-0.05, 0) is 0 Å². The van der Waals surface area contributed by atoms with E-state index in [0.29, 0.717) is 0 Å². The van der Waals surface area contributed by atoms with E-state index < -0.39 is 66.6 Å². The van der Waals surface area contributed by atoms with Crippen molar-refractivity contribution in [1.82, 2.24) is 9.55 Å². The highest BCUT2D eigenvalue weighted by molar-refractivity contribution is 5.92. The number of ether oxygens (including phenoxy) is 4. The molecule has 33 heavy (non-hydrogen) atoms. The van der Waals surface area contributed by atoms with Gasteiger partial charge in [-0.3, -0.25) is 4.57 Å². The summed E-state index contributed by atoms with van der Waals surface area (Å²) >= 11 is 0. The minimum atomic E-state index is -1.29. The second-order valence-electron chi connectivity index (χ2n) is 7.12. The highest BCUT2D eigenvalue weighted by Gasteiger charge is 2.51. The summed E-state index contributed by atoms with van der Waals surface area (Å²) in [6, 6.07) is 1.30. The molecule has 4 atom stereocenters. The van der Waals surface area contributed by atoms with Gasteiger partial charge in [-0.2, -0.15) is 4.98 Å². The number of hydrogen-bond acceptors (Lipinski definition) is 12. The lowest BCUT2D eigenvalue weighted by atomic mass is 10.1. The number of hydrogen-bond donors (Lipinski definition) is 1. The molecule has 1 aromatic heterocycles. The van der Waals surface area contributed by atoms with Crippen LogP contribution in [0, 0.1) is 18.3 Å². The van der Waals surface area contributed by atoms with Crippen LogP contribution >= 0.6 is 0 Å². The molecule has 1 N–H and O–H groups in total. The Balaban J connectivity index is 1.86. The van der Waals surface area contributed by atoms with Gasteiger partial charge in [-0.25, -0.2) is 29.5 Å². The van der Waals surface area contributed by atoms with Crippen LogP contribution in [-0.4, -0.2) is 58.3 Å². The molecule has 1 aromatic rings. The Morgan fingerprint density at radius 3 is 2.48 bits per heavy atom. The largest absolute Gasteiger partial charge is 0.453 e. The minimum absolute atomic E-state index is 0.0664. The van der Waals surface area contributed by atoms with Crippen LogP contribution < -0.4 is 11.2 Å². The molecule has 0 radical (unpaired) electrons. The molecule has 3 rings (SSSR count). The van der Waals surface area contributed by atoms with E-state index in [0.717, 1.165) is 16.7 Å². The minimum Gasteiger partial charge on any atom is -0.453 e. The van der Waals surface area contributed by atoms with E-state index >= 15 is 0 Å². The van der Waals surface area contributed by atoms with Crippen LogP contribution in [0.3, 0.4) is 0 Å². The lowest BCUT2D eigenvalue weighted by Gasteiger charge is -2.25. The lowest BCUT2D eigenvalue weighted by molar-refractivity contribution is -0.164. The fourth-order valence-corrected chi connectivity index (χ4v) is 2.90. The number of rotatable bonds is 6. The number of esters is 3. The van der Waals surface area contributed by atoms with Crippen molar-refractivity contribution in [3.63, 3.8) is 0 Å². The predicted molar refractivity (Wildman–Crippen MR) is 106 cm³/mol. The van der Waals surface area contributed by atoms with Gasteiger partial charge in [0.2, 0.25) is 0 Å². The summed E-state index contributed by atoms with van der Waals surface area (Å²) in [5, 5.41) is 0. The molecule has 174 valence electrons. The van der Waals surface area contributed by atoms with Gasteiger partial charge in [0.15, 0.2) is 24.3 Å². The highest BCUT2D eigenvalue weighted by atomic mass is 16.7. The summed E-state index contributed by atoms with van der Waals surface area (Å²) in [7, 11) is 0. The van der Waals surface area contributed by atoms with Crippen molar-refractivity contribution in [2.45, 2.75) is 38.4 Å². The third kappa shape index (κ3) is 5.55. The van der Waals surface area contributed by atoms with Gasteiger partial charge < -0.3 is 23.8 Å². The van der Waals surface area contributed by atoms with Crippen molar-refractivity contribution in [3.05, 3.63) is 34.9 Å². The summed E-state index contributed by atoms with van der Waals surface area (Å²) < 4.78 is 22.1. The van der Waals surface area contributed by atoms with Crippen LogP contribution in [0.25, 0.3) is 0 Å². The number of aromatic nitrogens is 2. The monoisotopic (exact) mass is 461 g/mol. The summed E-state index contributed by atoms with van der Waals surface area (Å²) in [5.74, 6) is -2.02. The van der Waals surface area contributed by atoms with E-state index in [4.69, 9.17) is 30.2 Å². The van der Waals surface area contributed by atoms with Crippen LogP contribution in [0.1, 0.15) is 20.1 Å². The normalized spacial score (nSPS) is 24.9. The average molecular weight is 461 g/mol. The van der Waals surface area contributed by atoms with E-state index in [1.807, 2.05) is 0 Å². The van der Waals surface area contributed by atoms with Gasteiger partial charge in [0.1, 0.15) is 12.7 Å². The lowest BCUT2D eigenvalue weighted by Crippen LogP contribution is -2.43. The molecule has 0 aliphatic carbocycles. The number of fused-ring (bicyclic) bond motifs is 1. The van der Waals surface area contributed by atoms with Crippen LogP contribution in [-0.2, 0) is 43.0 Å². The van der Waals surface area contributed by atoms with Crippen molar-refractivity contribution >= 4 is 29.7 Å². The van der Waals surface area contributed by atoms with Crippen molar-refractivity contribution in [1.29, 1.82) is 0 Å². The first kappa shape index (κ1) is 23.5. The second-order valence-corrected chi connectivity index (χ2v) is 7.12. The molecule has 0 unspecified atom stereocenters. The van der Waals surface area contributed by atoms with Crippen LogP contribution in [0.4, 0.5) is 5.82 Å². The topological polar surface area (TPSA) is 161 Å². The molecule has 13 heteroatoms. The van der Waals surface area contributed by atoms with Gasteiger partial charge >= 0.3 is 29.6 Å². The average Bonchev–Trinajstić information content (AvgIpc) is 3.09. The highest BCUT2D eigenvalue weighted by Crippen LogP contribution is 2.34. The van der Waals surface area contributed by atoms with E-state index in [2.05, 4.69) is 10.5 Å². The first-order valence-corrected chi connectivity index (χ1v) is 9.63. The van der Waals surface area contributed by atoms with E-state index in [1.165, 1.54) is 12.3 Å². The summed E-state index contributed by atoms with van der Waals surface area (Å²) in [6.07, 6.45) is 3.02. The van der Waals surface area contributed by atoms with Crippen LogP contribution in [0.15, 0.2) is 29.2 Å². The molecular formula is C20H19N3O10. The number of carbonyl (C=O) groups is 4. The smallest absolute Gasteiger partial charge is 0.384 e. The standard InChI is InChI=1S/C20H19N3O10/c1-4-13(24)29-9-11-16-17(32-15(26)6-5-14(25)31-16)18(30-11)23-8-7-12(21-20(23)28)22-33-19(27)10(2)3/h1,5-8,10-11,16-18H,9H2,2-3H3,(H,21,22,28)/b6-5-/t11-,16-,17-,18-/m1/s1. The molecule has 0 saturated carbocycles. The third-order valence-electron chi connectivity index (χ3n) is 4.47. The van der Waals surface area contributed by atoms with Crippen molar-refractivity contribution in [2.75, 3.05) is 12.1 Å². The Morgan fingerprint density at radius 2 is 1.88 bits per heavy atom. The Hall–Kier alpha value is -4.18. The zero-order chi connectivity index (χ0) is 24.1. The Morgan fingerprint density at radius 1 is 1.21 bits per heavy atom. The first-order valence-electron chi connectivity index (χ1n) is 9.63. The van der Waals surface area contributed by atoms with Gasteiger partial charge in [0, 0.05) is 30.3 Å². The molecule has 0 bridgehead atoms. The van der Waals surface area contributed by atoms with Crippen molar-refractivity contribution < 1.29 is 43.0 Å². The zero-order valence-corrected chi connectivity index (χ0v) is 17.5. The molecule has 2 aliphatic heterocycles. The Bertz CT molecular complexity index is 1090. The van der Waals surface area contributed by atoms with Gasteiger partial charge in [0.05, 0.1) is 5.92 Å². The van der Waals surface area contributed by atoms with E-state index in [1.54, 1.807) is 19.8 Å². The molecule has 0 spiro atoms. The summed E-state index contributed by atoms with van der Waals surface area (Å²) in [6.45, 7) is 2.81. The molecule has 3 heterocycles. The quantitative estimate of drug-likeness (QED) is 0.186. The molecule has 1 fully saturated rings. The molecule has 0 amide bonds. The summed E-state index contributed by atoms with van der Waals surface area (Å²) in [5.41, 5.74) is 1.40. The van der Waals surface area contributed by atoms with Gasteiger partial charge in [-0.15, -0.1) is 6.42 Å². The second kappa shape index (κ2) is 9.96. The van der Waals surface area contributed by atoms with Gasteiger partial charge in [-0.1, -0.05) is 13.8 Å². The Kier molecular flexibility index (Phi) is 7.09. The number of anilines is 1. The number of terminal acetylenes is 1. The summed E-state index contributed by atoms with van der Waals surface area (Å²) in [4.78, 5) is 68.0. The number of carbonyl (C=O) groups excluding carboxylic acids is 4. The van der Waals surface area contributed by atoms with Crippen LogP contribution in [0.5, 0.6) is 0 Å². The SMILES string of the molecule is C#CC(=O)OC[C@H]1O[C@@H](n2ccc(NOC(=O)C(C)C)nc2=O)[C@@H]2OC(=O)/C=C\C(=O)O[C@@H]21. The third-order valence-corrected chi connectivity index (χ3v) is 4.47. The maximum Gasteiger partial charge on any atom is 0.384 e. The molecular weight excluding hydrogens is 442 g/mol. The fourth-order valence-electron chi connectivity index (χ4n) is 2.90. The molecule has 1 saturated heterocycles. The maximum atomic E-state index is 12.6. The predicted octanol–water partition coefficient (Wildman–Crippen LogP) is -0.763. The fraction of sp³-hybridized carbons (Fsp3) is 0.400. The number of nitrogens with zero attached hydrogens (tertiary/aromatic N) is 2. The molecule has 2 aliphatic rings. The van der Waals surface area contributed by atoms with E-state index in [9.17, 15) is 24.0 Å². The van der Waals surface area contributed by atoms with Crippen molar-refractivity contribution in [3.8, 4) is 12.3 Å². The maximum absolute atomic E-state index is 12.6. The van der Waals surface area contributed by atoms with Crippen LogP contribution in [0.2, 0.25) is 0 Å². The zero-order valence-electron chi connectivity index (χ0n) is 17.5. The molecule has 0 aromatic carbocycles. The Labute approximate surface area is 186 Å².